The molecule has 1 heterocycles. The maximum absolute atomic E-state index is 12.6. The Morgan fingerprint density at radius 1 is 1.39 bits per heavy atom. The predicted molar refractivity (Wildman–Crippen MR) is 79.2 cm³/mol. The normalized spacial score (nSPS) is 27.0. The fourth-order valence-corrected chi connectivity index (χ4v) is 3.13. The molecule has 1 amide bonds. The third-order valence-corrected chi connectivity index (χ3v) is 5.64. The highest BCUT2D eigenvalue weighted by atomic mass is 19.4. The van der Waals surface area contributed by atoms with Crippen LogP contribution in [0.3, 0.4) is 0 Å². The van der Waals surface area contributed by atoms with Gasteiger partial charge < -0.3 is 5.32 Å². The molecule has 0 unspecified atom stereocenters. The quantitative estimate of drug-likeness (QED) is 0.922. The number of halogens is 3. The molecule has 2 atom stereocenters. The Labute approximate surface area is 133 Å². The van der Waals surface area contributed by atoms with Crippen molar-refractivity contribution in [3.63, 3.8) is 0 Å². The molecule has 0 saturated heterocycles. The number of nitrogens with one attached hydrogen (secondary N) is 1. The number of carbonyl (C=O) groups excluding carboxylic acids is 1. The van der Waals surface area contributed by atoms with E-state index in [1.807, 2.05) is 6.92 Å². The zero-order valence-corrected chi connectivity index (χ0v) is 13.8. The summed E-state index contributed by atoms with van der Waals surface area (Å²) in [5.74, 6) is 0.205. The summed E-state index contributed by atoms with van der Waals surface area (Å²) >= 11 is 0. The molecule has 128 valence electrons. The highest BCUT2D eigenvalue weighted by Gasteiger charge is 2.54. The number of hydrogen-bond acceptors (Lipinski definition) is 3. The van der Waals surface area contributed by atoms with Crippen molar-refractivity contribution < 1.29 is 18.0 Å². The minimum Gasteiger partial charge on any atom is -0.348 e. The Hall–Kier alpha value is -1.66. The lowest BCUT2D eigenvalue weighted by Crippen LogP contribution is -2.46. The highest BCUT2D eigenvalue weighted by molar-refractivity contribution is 5.83. The molecule has 0 aliphatic heterocycles. The monoisotopic (exact) mass is 329 g/mol. The van der Waals surface area contributed by atoms with Gasteiger partial charge in [0.15, 0.2) is 0 Å². The Morgan fingerprint density at radius 3 is 2.57 bits per heavy atom. The van der Waals surface area contributed by atoms with Crippen LogP contribution in [0.1, 0.15) is 52.1 Å². The van der Waals surface area contributed by atoms with Gasteiger partial charge in [0.1, 0.15) is 11.5 Å². The number of amides is 1. The van der Waals surface area contributed by atoms with Crippen LogP contribution in [-0.4, -0.2) is 15.9 Å². The largest absolute Gasteiger partial charge is 0.433 e. The molecule has 1 aromatic rings. The zero-order chi connectivity index (χ0) is 17.5. The molecule has 0 bridgehead atoms. The average molecular weight is 329 g/mol. The van der Waals surface area contributed by atoms with E-state index in [1.165, 1.54) is 0 Å². The minimum atomic E-state index is -4.52. The zero-order valence-electron chi connectivity index (χ0n) is 13.8. The van der Waals surface area contributed by atoms with E-state index in [4.69, 9.17) is 0 Å². The highest BCUT2D eigenvalue weighted by Crippen LogP contribution is 2.55. The third kappa shape index (κ3) is 3.19. The lowest BCUT2D eigenvalue weighted by Gasteiger charge is -2.39. The van der Waals surface area contributed by atoms with Gasteiger partial charge in [-0.25, -0.2) is 9.97 Å². The van der Waals surface area contributed by atoms with Crippen molar-refractivity contribution in [2.75, 3.05) is 0 Å². The summed E-state index contributed by atoms with van der Waals surface area (Å²) in [5.41, 5.74) is -1.72. The summed E-state index contributed by atoms with van der Waals surface area (Å²) in [6, 6.07) is 0.814. The van der Waals surface area contributed by atoms with Gasteiger partial charge >= 0.3 is 6.18 Å². The maximum atomic E-state index is 12.6. The van der Waals surface area contributed by atoms with E-state index in [2.05, 4.69) is 36.1 Å². The Bertz CT molecular complexity index is 600. The molecule has 0 aromatic carbocycles. The number of alkyl halides is 3. The van der Waals surface area contributed by atoms with E-state index in [0.717, 1.165) is 25.1 Å². The molecule has 1 N–H and O–H groups in total. The summed E-state index contributed by atoms with van der Waals surface area (Å²) in [6.07, 6.45) is -1.75. The second-order valence-electron chi connectivity index (χ2n) is 7.03. The van der Waals surface area contributed by atoms with E-state index < -0.39 is 17.3 Å². The first-order valence-electron chi connectivity index (χ1n) is 7.66. The Balaban J connectivity index is 2.08. The number of carbonyl (C=O) groups is 1. The van der Waals surface area contributed by atoms with Crippen molar-refractivity contribution in [2.45, 2.75) is 53.3 Å². The van der Waals surface area contributed by atoms with Crippen LogP contribution in [0.15, 0.2) is 12.3 Å². The summed E-state index contributed by atoms with van der Waals surface area (Å²) in [6.45, 7) is 8.05. The van der Waals surface area contributed by atoms with Gasteiger partial charge in [0.25, 0.3) is 0 Å². The molecule has 0 spiro atoms. The van der Waals surface area contributed by atoms with E-state index in [9.17, 15) is 18.0 Å². The van der Waals surface area contributed by atoms with Crippen LogP contribution in [0, 0.1) is 16.7 Å². The third-order valence-electron chi connectivity index (χ3n) is 5.64. The van der Waals surface area contributed by atoms with Gasteiger partial charge in [-0.2, -0.15) is 13.2 Å². The van der Waals surface area contributed by atoms with Crippen molar-refractivity contribution in [3.05, 3.63) is 23.8 Å². The smallest absolute Gasteiger partial charge is 0.348 e. The SMILES string of the molecule is C[C@H]1CC[C@@](C)(C(=O)NCc2nccc(C(F)(F)F)n2)C1(C)C. The molecule has 7 heteroatoms. The minimum absolute atomic E-state index is 0.0411. The van der Waals surface area contributed by atoms with E-state index >= 15 is 0 Å². The van der Waals surface area contributed by atoms with Gasteiger partial charge in [0, 0.05) is 6.20 Å². The first-order chi connectivity index (χ1) is 10.5. The van der Waals surface area contributed by atoms with Crippen LogP contribution in [0.2, 0.25) is 0 Å². The summed E-state index contributed by atoms with van der Waals surface area (Å²) < 4.78 is 37.9. The van der Waals surface area contributed by atoms with Gasteiger partial charge in [-0.1, -0.05) is 27.7 Å². The topological polar surface area (TPSA) is 54.9 Å². The Kier molecular flexibility index (Phi) is 4.43. The fraction of sp³-hybridized carbons (Fsp3) is 0.688. The molecular formula is C16H22F3N3O. The van der Waals surface area contributed by atoms with Crippen LogP contribution < -0.4 is 5.32 Å². The van der Waals surface area contributed by atoms with Gasteiger partial charge in [-0.3, -0.25) is 4.79 Å². The van der Waals surface area contributed by atoms with Crippen molar-refractivity contribution in [1.29, 1.82) is 0 Å². The van der Waals surface area contributed by atoms with Crippen molar-refractivity contribution in [2.24, 2.45) is 16.7 Å². The molecule has 1 aliphatic rings. The molecule has 23 heavy (non-hydrogen) atoms. The number of hydrogen-bond donors (Lipinski definition) is 1. The maximum Gasteiger partial charge on any atom is 0.433 e. The molecule has 1 saturated carbocycles. The van der Waals surface area contributed by atoms with Crippen LogP contribution >= 0.6 is 0 Å². The van der Waals surface area contributed by atoms with Crippen LogP contribution in [-0.2, 0) is 17.5 Å². The Morgan fingerprint density at radius 2 is 2.04 bits per heavy atom. The standard InChI is InChI=1S/C16H22F3N3O/c1-10-5-7-15(4,14(10,2)3)13(23)21-9-12-20-8-6-11(22-12)16(17,18)19/h6,8,10H,5,7,9H2,1-4H3,(H,21,23)/t10-,15-/m0/s1. The molecule has 1 aromatic heterocycles. The molecule has 4 nitrogen and oxygen atoms in total. The van der Waals surface area contributed by atoms with Crippen LogP contribution in [0.4, 0.5) is 13.2 Å². The van der Waals surface area contributed by atoms with Gasteiger partial charge in [0.05, 0.1) is 12.0 Å². The van der Waals surface area contributed by atoms with Gasteiger partial charge in [-0.15, -0.1) is 0 Å². The fourth-order valence-electron chi connectivity index (χ4n) is 3.13. The van der Waals surface area contributed by atoms with E-state index in [0.29, 0.717) is 5.92 Å². The molecule has 1 fully saturated rings. The lowest BCUT2D eigenvalue weighted by molar-refractivity contribution is -0.141. The summed E-state index contributed by atoms with van der Waals surface area (Å²) in [5, 5.41) is 2.70. The van der Waals surface area contributed by atoms with Crippen molar-refractivity contribution in [1.82, 2.24) is 15.3 Å². The lowest BCUT2D eigenvalue weighted by atomic mass is 9.65. The molecule has 1 aliphatic carbocycles. The van der Waals surface area contributed by atoms with Crippen LogP contribution in [0.25, 0.3) is 0 Å². The summed E-state index contributed by atoms with van der Waals surface area (Å²) in [7, 11) is 0. The van der Waals surface area contributed by atoms with Crippen molar-refractivity contribution in [3.8, 4) is 0 Å². The number of aromatic nitrogens is 2. The first-order valence-corrected chi connectivity index (χ1v) is 7.66. The van der Waals surface area contributed by atoms with E-state index in [-0.39, 0.29) is 23.7 Å². The van der Waals surface area contributed by atoms with Gasteiger partial charge in [0.2, 0.25) is 5.91 Å². The predicted octanol–water partition coefficient (Wildman–Crippen LogP) is 3.57. The second kappa shape index (κ2) is 5.76. The molecule has 2 rings (SSSR count). The molecular weight excluding hydrogens is 307 g/mol. The number of nitrogens with zero attached hydrogens (tertiary/aromatic N) is 2. The van der Waals surface area contributed by atoms with E-state index in [1.54, 1.807) is 0 Å². The first kappa shape index (κ1) is 17.7. The summed E-state index contributed by atoms with van der Waals surface area (Å²) in [4.78, 5) is 19.9. The van der Waals surface area contributed by atoms with Crippen LogP contribution in [0.5, 0.6) is 0 Å². The van der Waals surface area contributed by atoms with Gasteiger partial charge in [-0.05, 0) is 30.2 Å². The average Bonchev–Trinajstić information content (AvgIpc) is 2.68. The van der Waals surface area contributed by atoms with Crippen molar-refractivity contribution >= 4 is 5.91 Å². The molecule has 0 radical (unpaired) electrons. The number of rotatable bonds is 3. The second-order valence-corrected chi connectivity index (χ2v) is 7.03.